The molecule has 0 aromatic heterocycles. The van der Waals surface area contributed by atoms with E-state index in [4.69, 9.17) is 12.2 Å². The molecule has 0 spiro atoms. The molecular formula is C13H23N3O2S2. The van der Waals surface area contributed by atoms with Crippen molar-refractivity contribution >= 4 is 34.3 Å². The lowest BCUT2D eigenvalue weighted by molar-refractivity contribution is -0.0775. The van der Waals surface area contributed by atoms with Crippen molar-refractivity contribution in [3.8, 4) is 0 Å². The van der Waals surface area contributed by atoms with E-state index in [9.17, 15) is 10.0 Å². The molecule has 0 unspecified atom stereocenters. The molecule has 20 heavy (non-hydrogen) atoms. The number of thiocarbonyl (C=S) groups is 1. The lowest BCUT2D eigenvalue weighted by Crippen LogP contribution is -2.55. The lowest BCUT2D eigenvalue weighted by atomic mass is 9.96. The smallest absolute Gasteiger partial charge is 0.342 e. The zero-order chi connectivity index (χ0) is 14.9. The largest absolute Gasteiger partial charge is 0.352 e. The molecular weight excluding hydrogens is 294 g/mol. The average molecular weight is 317 g/mol. The van der Waals surface area contributed by atoms with E-state index in [-0.39, 0.29) is 17.0 Å². The summed E-state index contributed by atoms with van der Waals surface area (Å²) in [6, 6.07) is -0.231. The van der Waals surface area contributed by atoms with Crippen molar-refractivity contribution in [2.45, 2.75) is 62.9 Å². The molecule has 7 heteroatoms. The summed E-state index contributed by atoms with van der Waals surface area (Å²) in [5.74, 6) is 0. The molecule has 1 heterocycles. The van der Waals surface area contributed by atoms with Gasteiger partial charge < -0.3 is 10.2 Å². The Morgan fingerprint density at radius 1 is 1.45 bits per heavy atom. The van der Waals surface area contributed by atoms with Crippen molar-refractivity contribution in [3.63, 3.8) is 0 Å². The van der Waals surface area contributed by atoms with Gasteiger partial charge in [0.1, 0.15) is 9.69 Å². The molecule has 2 amide bonds. The van der Waals surface area contributed by atoms with Crippen molar-refractivity contribution in [3.05, 3.63) is 0 Å². The molecule has 1 atom stereocenters. The van der Waals surface area contributed by atoms with Gasteiger partial charge in [0.05, 0.1) is 5.54 Å². The molecule has 114 valence electrons. The SMILES string of the molecule is CN1C(=S)S[C@@H](N(O)C(=O)NC2CCCCC2)C1(C)C. The Hall–Kier alpha value is -0.530. The standard InChI is InChI=1S/C13H23N3O2S2/c1-13(2)10(20-12(19)15(13)3)16(18)11(17)14-9-7-5-4-6-8-9/h9-10,18H,4-8H2,1-3H3,(H,14,17)/t10-/m1/s1. The summed E-state index contributed by atoms with van der Waals surface area (Å²) in [4.78, 5) is 14.1. The number of nitrogens with zero attached hydrogens (tertiary/aromatic N) is 2. The maximum Gasteiger partial charge on any atom is 0.342 e. The maximum atomic E-state index is 12.2. The van der Waals surface area contributed by atoms with Gasteiger partial charge in [-0.2, -0.15) is 5.06 Å². The molecule has 2 fully saturated rings. The number of hydrogen-bond acceptors (Lipinski definition) is 4. The van der Waals surface area contributed by atoms with Gasteiger partial charge in [-0.1, -0.05) is 43.2 Å². The van der Waals surface area contributed by atoms with Crippen LogP contribution in [0.5, 0.6) is 0 Å². The molecule has 1 aliphatic heterocycles. The summed E-state index contributed by atoms with van der Waals surface area (Å²) in [5.41, 5.74) is -0.388. The average Bonchev–Trinajstić information content (AvgIpc) is 2.62. The summed E-state index contributed by atoms with van der Waals surface area (Å²) in [6.07, 6.45) is 5.53. The third-order valence-corrected chi connectivity index (χ3v) is 6.36. The Morgan fingerprint density at radius 2 is 2.05 bits per heavy atom. The number of hydroxylamine groups is 2. The van der Waals surface area contributed by atoms with Gasteiger partial charge in [-0.15, -0.1) is 0 Å². The normalized spacial score (nSPS) is 26.7. The van der Waals surface area contributed by atoms with Gasteiger partial charge in [0.2, 0.25) is 0 Å². The van der Waals surface area contributed by atoms with Crippen LogP contribution in [0, 0.1) is 0 Å². The zero-order valence-electron chi connectivity index (χ0n) is 12.3. The topological polar surface area (TPSA) is 55.8 Å². The van der Waals surface area contributed by atoms with Gasteiger partial charge in [0.25, 0.3) is 0 Å². The molecule has 2 rings (SSSR count). The summed E-state index contributed by atoms with van der Waals surface area (Å²) >= 11 is 6.61. The van der Waals surface area contributed by atoms with Crippen LogP contribution < -0.4 is 5.32 Å². The van der Waals surface area contributed by atoms with Gasteiger partial charge in [-0.3, -0.25) is 5.21 Å². The third-order valence-electron chi connectivity index (χ3n) is 4.32. The predicted molar refractivity (Wildman–Crippen MR) is 84.8 cm³/mol. The second-order valence-electron chi connectivity index (χ2n) is 6.08. The highest BCUT2D eigenvalue weighted by Crippen LogP contribution is 2.40. The van der Waals surface area contributed by atoms with E-state index in [0.29, 0.717) is 4.32 Å². The minimum absolute atomic E-state index is 0.185. The van der Waals surface area contributed by atoms with Crippen LogP contribution in [0.4, 0.5) is 4.79 Å². The van der Waals surface area contributed by atoms with Crippen molar-refractivity contribution in [1.29, 1.82) is 0 Å². The minimum Gasteiger partial charge on any atom is -0.352 e. The van der Waals surface area contributed by atoms with Crippen LogP contribution in [0.2, 0.25) is 0 Å². The van der Waals surface area contributed by atoms with Gasteiger partial charge >= 0.3 is 6.03 Å². The van der Waals surface area contributed by atoms with Crippen LogP contribution in [0.3, 0.4) is 0 Å². The van der Waals surface area contributed by atoms with Crippen LogP contribution in [0.1, 0.15) is 46.0 Å². The van der Waals surface area contributed by atoms with E-state index in [1.165, 1.54) is 18.2 Å². The van der Waals surface area contributed by atoms with E-state index < -0.39 is 6.03 Å². The van der Waals surface area contributed by atoms with Crippen molar-refractivity contribution in [1.82, 2.24) is 15.3 Å². The van der Waals surface area contributed by atoms with Gasteiger partial charge in [-0.25, -0.2) is 4.79 Å². The number of rotatable bonds is 2. The van der Waals surface area contributed by atoms with E-state index >= 15 is 0 Å². The zero-order valence-corrected chi connectivity index (χ0v) is 13.9. The molecule has 0 aromatic rings. The van der Waals surface area contributed by atoms with E-state index in [1.54, 1.807) is 0 Å². The molecule has 5 nitrogen and oxygen atoms in total. The van der Waals surface area contributed by atoms with Crippen LogP contribution in [-0.4, -0.2) is 49.5 Å². The Morgan fingerprint density at radius 3 is 2.55 bits per heavy atom. The number of carbonyl (C=O) groups is 1. The summed E-state index contributed by atoms with van der Waals surface area (Å²) in [5, 5.41) is 13.6. The summed E-state index contributed by atoms with van der Waals surface area (Å²) < 4.78 is 0.699. The van der Waals surface area contributed by atoms with Crippen LogP contribution in [-0.2, 0) is 0 Å². The highest BCUT2D eigenvalue weighted by atomic mass is 32.2. The van der Waals surface area contributed by atoms with Crippen LogP contribution in [0.25, 0.3) is 0 Å². The molecule has 2 aliphatic rings. The first-order chi connectivity index (χ1) is 9.34. The Balaban J connectivity index is 1.98. The Bertz CT molecular complexity index is 397. The quantitative estimate of drug-likeness (QED) is 0.466. The van der Waals surface area contributed by atoms with Crippen molar-refractivity contribution in [2.24, 2.45) is 0 Å². The van der Waals surface area contributed by atoms with Crippen LogP contribution in [0.15, 0.2) is 0 Å². The first-order valence-electron chi connectivity index (χ1n) is 7.07. The Labute approximate surface area is 130 Å². The van der Waals surface area contributed by atoms with Gasteiger partial charge in [0.15, 0.2) is 0 Å². The minimum atomic E-state index is -0.416. The number of amides is 2. The molecule has 0 bridgehead atoms. The van der Waals surface area contributed by atoms with Crippen molar-refractivity contribution < 1.29 is 10.0 Å². The fourth-order valence-electron chi connectivity index (χ4n) is 2.66. The monoisotopic (exact) mass is 317 g/mol. The molecule has 1 aliphatic carbocycles. The number of urea groups is 1. The maximum absolute atomic E-state index is 12.2. The third kappa shape index (κ3) is 3.04. The highest BCUT2D eigenvalue weighted by Gasteiger charge is 2.48. The first kappa shape index (κ1) is 15.9. The second kappa shape index (κ2) is 6.07. The number of hydrogen-bond donors (Lipinski definition) is 2. The van der Waals surface area contributed by atoms with E-state index in [2.05, 4.69) is 5.32 Å². The second-order valence-corrected chi connectivity index (χ2v) is 7.79. The molecule has 1 saturated carbocycles. The predicted octanol–water partition coefficient (Wildman–Crippen LogP) is 2.79. The lowest BCUT2D eigenvalue weighted by Gasteiger charge is -2.36. The van der Waals surface area contributed by atoms with Crippen molar-refractivity contribution in [2.75, 3.05) is 7.05 Å². The fraction of sp³-hybridized carbons (Fsp3) is 0.846. The fourth-order valence-corrected chi connectivity index (χ4v) is 4.40. The van der Waals surface area contributed by atoms with Gasteiger partial charge in [0, 0.05) is 13.1 Å². The number of carbonyl (C=O) groups excluding carboxylic acids is 1. The van der Waals surface area contributed by atoms with E-state index in [1.807, 2.05) is 25.8 Å². The summed E-state index contributed by atoms with van der Waals surface area (Å²) in [6.45, 7) is 3.95. The summed E-state index contributed by atoms with van der Waals surface area (Å²) in [7, 11) is 1.89. The van der Waals surface area contributed by atoms with Gasteiger partial charge in [-0.05, 0) is 26.7 Å². The number of likely N-dealkylation sites (N-methyl/N-ethyl adjacent to an activating group) is 1. The highest BCUT2D eigenvalue weighted by molar-refractivity contribution is 8.23. The molecule has 2 N–H and O–H groups in total. The molecule has 0 radical (unpaired) electrons. The Kier molecular flexibility index (Phi) is 4.81. The number of thioether (sulfide) groups is 1. The van der Waals surface area contributed by atoms with Crippen LogP contribution >= 0.6 is 24.0 Å². The number of nitrogens with one attached hydrogen (secondary N) is 1. The molecule has 0 aromatic carbocycles. The van der Waals surface area contributed by atoms with E-state index in [0.717, 1.165) is 30.7 Å². The molecule has 1 saturated heterocycles. The first-order valence-corrected chi connectivity index (χ1v) is 8.36.